The molecule has 4 rings (SSSR count). The summed E-state index contributed by atoms with van der Waals surface area (Å²) in [7, 11) is 0. The highest BCUT2D eigenvalue weighted by atomic mass is 19.1. The molecule has 0 saturated carbocycles. The Kier molecular flexibility index (Phi) is 5.97. The molecule has 1 aliphatic carbocycles. The molecule has 3 aromatic rings. The van der Waals surface area contributed by atoms with Crippen LogP contribution in [0.15, 0.2) is 60.7 Å². The summed E-state index contributed by atoms with van der Waals surface area (Å²) >= 11 is 0. The SMILES string of the molecule is Cc1nc(C(O)C(O)CNC(=O)OCC2c3ccccc3-c3ccccc32)ccc1F. The van der Waals surface area contributed by atoms with Crippen LogP contribution in [-0.4, -0.2) is 40.5 Å². The number of aliphatic hydroxyl groups is 2. The molecular formula is C24H23FN2O4. The number of carbonyl (C=O) groups is 1. The molecule has 0 radical (unpaired) electrons. The molecule has 0 fully saturated rings. The number of benzene rings is 2. The molecular weight excluding hydrogens is 399 g/mol. The van der Waals surface area contributed by atoms with Gasteiger partial charge in [0, 0.05) is 12.5 Å². The van der Waals surface area contributed by atoms with Crippen LogP contribution in [0.1, 0.15) is 34.5 Å². The Bertz CT molecular complexity index is 1060. The molecule has 0 aliphatic heterocycles. The molecule has 6 nitrogen and oxygen atoms in total. The van der Waals surface area contributed by atoms with Crippen molar-refractivity contribution in [3.05, 3.63) is 89.0 Å². The molecule has 1 heterocycles. The van der Waals surface area contributed by atoms with Crippen molar-refractivity contribution in [1.82, 2.24) is 10.3 Å². The largest absolute Gasteiger partial charge is 0.449 e. The quantitative estimate of drug-likeness (QED) is 0.566. The monoisotopic (exact) mass is 422 g/mol. The van der Waals surface area contributed by atoms with Gasteiger partial charge in [0.25, 0.3) is 0 Å². The Hall–Kier alpha value is -3.29. The summed E-state index contributed by atoms with van der Waals surface area (Å²) in [6.07, 6.45) is -3.39. The standard InChI is InChI=1S/C24H23FN2O4/c1-14-20(25)10-11-21(27-14)23(29)22(28)12-26-24(30)31-13-19-17-8-4-2-6-15(17)16-7-3-5-9-18(16)19/h2-11,19,22-23,28-29H,12-13H2,1H3,(H,26,30). The number of halogens is 1. The van der Waals surface area contributed by atoms with E-state index in [9.17, 15) is 19.4 Å². The zero-order chi connectivity index (χ0) is 22.0. The minimum atomic E-state index is -1.37. The fraction of sp³-hybridized carbons (Fsp3) is 0.250. The number of nitrogens with one attached hydrogen (secondary N) is 1. The number of aryl methyl sites for hydroxylation is 1. The van der Waals surface area contributed by atoms with E-state index < -0.39 is 24.1 Å². The maximum absolute atomic E-state index is 13.3. The predicted molar refractivity (Wildman–Crippen MR) is 113 cm³/mol. The summed E-state index contributed by atoms with van der Waals surface area (Å²) in [5.74, 6) is -0.567. The first-order chi connectivity index (χ1) is 15.0. The highest BCUT2D eigenvalue weighted by molar-refractivity contribution is 5.79. The van der Waals surface area contributed by atoms with Crippen LogP contribution in [0, 0.1) is 12.7 Å². The number of hydrogen-bond donors (Lipinski definition) is 3. The van der Waals surface area contributed by atoms with Gasteiger partial charge in [-0.3, -0.25) is 4.98 Å². The lowest BCUT2D eigenvalue weighted by Gasteiger charge is -2.19. The highest BCUT2D eigenvalue weighted by Crippen LogP contribution is 2.44. The number of aromatic nitrogens is 1. The van der Waals surface area contributed by atoms with Crippen LogP contribution in [0.4, 0.5) is 9.18 Å². The first kappa shape index (κ1) is 21.0. The molecule has 2 atom stereocenters. The van der Waals surface area contributed by atoms with Crippen molar-refractivity contribution in [2.24, 2.45) is 0 Å². The van der Waals surface area contributed by atoms with E-state index in [0.717, 1.165) is 22.3 Å². The highest BCUT2D eigenvalue weighted by Gasteiger charge is 2.29. The average molecular weight is 422 g/mol. The van der Waals surface area contributed by atoms with E-state index in [-0.39, 0.29) is 30.5 Å². The third-order valence-electron chi connectivity index (χ3n) is 5.51. The predicted octanol–water partition coefficient (Wildman–Crippen LogP) is 3.46. The summed E-state index contributed by atoms with van der Waals surface area (Å²) in [6, 6.07) is 18.5. The molecule has 2 aromatic carbocycles. The molecule has 1 aromatic heterocycles. The van der Waals surface area contributed by atoms with E-state index in [2.05, 4.69) is 22.4 Å². The molecule has 1 aliphatic rings. The van der Waals surface area contributed by atoms with Crippen molar-refractivity contribution >= 4 is 6.09 Å². The lowest BCUT2D eigenvalue weighted by Crippen LogP contribution is -2.36. The van der Waals surface area contributed by atoms with Gasteiger partial charge in [-0.05, 0) is 41.3 Å². The number of carbonyl (C=O) groups excluding carboxylic acids is 1. The fourth-order valence-corrected chi connectivity index (χ4v) is 3.87. The van der Waals surface area contributed by atoms with Crippen LogP contribution in [-0.2, 0) is 4.74 Å². The zero-order valence-corrected chi connectivity index (χ0v) is 17.0. The Morgan fingerprint density at radius 2 is 1.68 bits per heavy atom. The maximum atomic E-state index is 13.3. The molecule has 0 spiro atoms. The van der Waals surface area contributed by atoms with Gasteiger partial charge in [-0.25, -0.2) is 9.18 Å². The number of pyridine rings is 1. The van der Waals surface area contributed by atoms with Crippen molar-refractivity contribution in [3.8, 4) is 11.1 Å². The number of hydrogen-bond acceptors (Lipinski definition) is 5. The summed E-state index contributed by atoms with van der Waals surface area (Å²) in [4.78, 5) is 16.1. The van der Waals surface area contributed by atoms with Crippen LogP contribution in [0.3, 0.4) is 0 Å². The van der Waals surface area contributed by atoms with Gasteiger partial charge in [-0.1, -0.05) is 48.5 Å². The summed E-state index contributed by atoms with van der Waals surface area (Å²) in [5, 5.41) is 22.8. The first-order valence-corrected chi connectivity index (χ1v) is 10.0. The number of aliphatic hydroxyl groups excluding tert-OH is 2. The van der Waals surface area contributed by atoms with Crippen molar-refractivity contribution in [1.29, 1.82) is 0 Å². The third kappa shape index (κ3) is 4.28. The normalized spacial score (nSPS) is 14.5. The minimum Gasteiger partial charge on any atom is -0.449 e. The number of fused-ring (bicyclic) bond motifs is 3. The van der Waals surface area contributed by atoms with Crippen molar-refractivity contribution in [2.75, 3.05) is 13.2 Å². The maximum Gasteiger partial charge on any atom is 0.407 e. The van der Waals surface area contributed by atoms with Gasteiger partial charge in [0.05, 0.1) is 11.4 Å². The number of alkyl carbamates (subject to hydrolysis) is 1. The molecule has 0 saturated heterocycles. The van der Waals surface area contributed by atoms with Gasteiger partial charge in [-0.2, -0.15) is 0 Å². The Morgan fingerprint density at radius 1 is 1.06 bits per heavy atom. The van der Waals surface area contributed by atoms with Crippen LogP contribution in [0.25, 0.3) is 11.1 Å². The van der Waals surface area contributed by atoms with Gasteiger partial charge in [0.2, 0.25) is 0 Å². The zero-order valence-electron chi connectivity index (χ0n) is 17.0. The second-order valence-corrected chi connectivity index (χ2v) is 7.52. The van der Waals surface area contributed by atoms with E-state index in [0.29, 0.717) is 0 Å². The molecule has 31 heavy (non-hydrogen) atoms. The van der Waals surface area contributed by atoms with E-state index in [1.807, 2.05) is 36.4 Å². The number of amides is 1. The molecule has 7 heteroatoms. The molecule has 3 N–H and O–H groups in total. The van der Waals surface area contributed by atoms with Crippen LogP contribution >= 0.6 is 0 Å². The van der Waals surface area contributed by atoms with E-state index in [1.165, 1.54) is 19.1 Å². The van der Waals surface area contributed by atoms with Gasteiger partial charge in [-0.15, -0.1) is 0 Å². The Morgan fingerprint density at radius 3 is 2.29 bits per heavy atom. The van der Waals surface area contributed by atoms with Crippen LogP contribution in [0.5, 0.6) is 0 Å². The van der Waals surface area contributed by atoms with E-state index in [1.54, 1.807) is 0 Å². The Labute approximate surface area is 179 Å². The van der Waals surface area contributed by atoms with E-state index >= 15 is 0 Å². The Balaban J connectivity index is 1.34. The lowest BCUT2D eigenvalue weighted by molar-refractivity contribution is 0.0159. The lowest BCUT2D eigenvalue weighted by atomic mass is 9.98. The third-order valence-corrected chi connectivity index (χ3v) is 5.51. The van der Waals surface area contributed by atoms with E-state index in [4.69, 9.17) is 4.74 Å². The molecule has 1 amide bonds. The second-order valence-electron chi connectivity index (χ2n) is 7.52. The first-order valence-electron chi connectivity index (χ1n) is 10.0. The number of ether oxygens (including phenoxy) is 1. The second kappa shape index (κ2) is 8.83. The summed E-state index contributed by atoms with van der Waals surface area (Å²) in [5.41, 5.74) is 4.71. The van der Waals surface area contributed by atoms with Gasteiger partial charge >= 0.3 is 6.09 Å². The molecule has 2 unspecified atom stereocenters. The minimum absolute atomic E-state index is 0.0694. The van der Waals surface area contributed by atoms with Crippen molar-refractivity contribution in [3.63, 3.8) is 0 Å². The molecule has 0 bridgehead atoms. The topological polar surface area (TPSA) is 91.7 Å². The van der Waals surface area contributed by atoms with Crippen LogP contribution < -0.4 is 5.32 Å². The fourth-order valence-electron chi connectivity index (χ4n) is 3.87. The van der Waals surface area contributed by atoms with Crippen molar-refractivity contribution < 1.29 is 24.1 Å². The van der Waals surface area contributed by atoms with Gasteiger partial charge < -0.3 is 20.3 Å². The van der Waals surface area contributed by atoms with Crippen molar-refractivity contribution in [2.45, 2.75) is 25.0 Å². The average Bonchev–Trinajstić information content (AvgIpc) is 3.11. The number of rotatable bonds is 6. The summed E-state index contributed by atoms with van der Waals surface area (Å²) in [6.45, 7) is 1.38. The summed E-state index contributed by atoms with van der Waals surface area (Å²) < 4.78 is 18.7. The number of nitrogens with zero attached hydrogens (tertiary/aromatic N) is 1. The van der Waals surface area contributed by atoms with Gasteiger partial charge in [0.15, 0.2) is 0 Å². The smallest absolute Gasteiger partial charge is 0.407 e. The molecule has 160 valence electrons. The van der Waals surface area contributed by atoms with Gasteiger partial charge in [0.1, 0.15) is 24.6 Å². The van der Waals surface area contributed by atoms with Crippen LogP contribution in [0.2, 0.25) is 0 Å².